The number of nitrogens with one attached hydrogen (secondary N) is 1. The lowest BCUT2D eigenvalue weighted by Gasteiger charge is -2.13. The van der Waals surface area contributed by atoms with E-state index in [0.29, 0.717) is 11.3 Å². The molecule has 0 heterocycles. The van der Waals surface area contributed by atoms with Crippen LogP contribution in [-0.2, 0) is 14.8 Å². The number of carboxylic acid groups (broad SMARTS) is 1. The van der Waals surface area contributed by atoms with Gasteiger partial charge in [-0.2, -0.15) is 0 Å². The monoisotopic (exact) mass is 303 g/mol. The molecule has 19 heavy (non-hydrogen) atoms. The summed E-state index contributed by atoms with van der Waals surface area (Å²) in [7, 11) is -3.58. The molecule has 5 nitrogen and oxygen atoms in total. The van der Waals surface area contributed by atoms with E-state index in [-0.39, 0.29) is 11.4 Å². The molecule has 0 spiro atoms. The highest BCUT2D eigenvalue weighted by Gasteiger charge is 2.22. The molecule has 1 aromatic carbocycles. The number of thioether (sulfide) groups is 1. The SMILES string of the molecule is CCNS(=O)(=O)c1ccccc1SC(CC)C(=O)O. The molecule has 7 heteroatoms. The quantitative estimate of drug-likeness (QED) is 0.752. The first-order valence-corrected chi connectivity index (χ1v) is 8.26. The number of carbonyl (C=O) groups is 1. The van der Waals surface area contributed by atoms with E-state index < -0.39 is 21.2 Å². The lowest BCUT2D eigenvalue weighted by molar-refractivity contribution is -0.136. The zero-order chi connectivity index (χ0) is 14.5. The van der Waals surface area contributed by atoms with Crippen molar-refractivity contribution in [3.8, 4) is 0 Å². The zero-order valence-electron chi connectivity index (χ0n) is 10.8. The van der Waals surface area contributed by atoms with Crippen molar-refractivity contribution in [1.82, 2.24) is 4.72 Å². The average molecular weight is 303 g/mol. The molecule has 0 aromatic heterocycles. The highest BCUT2D eigenvalue weighted by atomic mass is 32.2. The molecule has 0 aliphatic rings. The lowest BCUT2D eigenvalue weighted by Crippen LogP contribution is -2.24. The van der Waals surface area contributed by atoms with Crippen LogP contribution in [0.1, 0.15) is 20.3 Å². The van der Waals surface area contributed by atoms with Crippen LogP contribution < -0.4 is 4.72 Å². The van der Waals surface area contributed by atoms with Gasteiger partial charge in [-0.3, -0.25) is 4.79 Å². The van der Waals surface area contributed by atoms with E-state index in [0.717, 1.165) is 11.8 Å². The summed E-state index contributed by atoms with van der Waals surface area (Å²) in [4.78, 5) is 11.6. The predicted octanol–water partition coefficient (Wildman–Crippen LogP) is 1.94. The fraction of sp³-hybridized carbons (Fsp3) is 0.417. The number of carboxylic acids is 1. The van der Waals surface area contributed by atoms with E-state index in [1.165, 1.54) is 6.07 Å². The zero-order valence-corrected chi connectivity index (χ0v) is 12.4. The molecule has 0 fully saturated rings. The Hall–Kier alpha value is -1.05. The first-order valence-electron chi connectivity index (χ1n) is 5.90. The molecule has 0 aliphatic heterocycles. The molecule has 0 aliphatic carbocycles. The van der Waals surface area contributed by atoms with Crippen LogP contribution in [0.15, 0.2) is 34.1 Å². The summed E-state index contributed by atoms with van der Waals surface area (Å²) in [6.07, 6.45) is 0.426. The summed E-state index contributed by atoms with van der Waals surface area (Å²) in [6.45, 7) is 3.74. The summed E-state index contributed by atoms with van der Waals surface area (Å²) in [6, 6.07) is 6.42. The molecule has 106 valence electrons. The van der Waals surface area contributed by atoms with Crippen molar-refractivity contribution >= 4 is 27.8 Å². The van der Waals surface area contributed by atoms with Crippen LogP contribution in [-0.4, -0.2) is 31.3 Å². The van der Waals surface area contributed by atoms with Gasteiger partial charge >= 0.3 is 5.97 Å². The fourth-order valence-electron chi connectivity index (χ4n) is 1.50. The van der Waals surface area contributed by atoms with E-state index in [1.807, 2.05) is 0 Å². The maximum Gasteiger partial charge on any atom is 0.316 e. The van der Waals surface area contributed by atoms with Crippen molar-refractivity contribution in [3.05, 3.63) is 24.3 Å². The first-order chi connectivity index (χ1) is 8.92. The second-order valence-corrected chi connectivity index (χ2v) is 6.78. The van der Waals surface area contributed by atoms with E-state index >= 15 is 0 Å². The van der Waals surface area contributed by atoms with Crippen LogP contribution in [0, 0.1) is 0 Å². The largest absolute Gasteiger partial charge is 0.480 e. The lowest BCUT2D eigenvalue weighted by atomic mass is 10.3. The van der Waals surface area contributed by atoms with Crippen LogP contribution >= 0.6 is 11.8 Å². The Balaban J connectivity index is 3.13. The van der Waals surface area contributed by atoms with Gasteiger partial charge < -0.3 is 5.11 Å². The number of benzene rings is 1. The van der Waals surface area contributed by atoms with Gasteiger partial charge in [0.15, 0.2) is 0 Å². The Bertz CT molecular complexity index is 542. The Morgan fingerprint density at radius 2 is 2.00 bits per heavy atom. The highest BCUT2D eigenvalue weighted by Crippen LogP contribution is 2.31. The Labute approximate surface area is 117 Å². The second-order valence-electron chi connectivity index (χ2n) is 3.80. The number of rotatable bonds is 7. The molecule has 0 bridgehead atoms. The van der Waals surface area contributed by atoms with Crippen LogP contribution in [0.4, 0.5) is 0 Å². The molecule has 2 N–H and O–H groups in total. The Morgan fingerprint density at radius 3 is 2.53 bits per heavy atom. The third-order valence-corrected chi connectivity index (χ3v) is 5.55. The van der Waals surface area contributed by atoms with E-state index in [1.54, 1.807) is 32.0 Å². The van der Waals surface area contributed by atoms with Crippen molar-refractivity contribution in [2.45, 2.75) is 35.3 Å². The van der Waals surface area contributed by atoms with Crippen LogP contribution in [0.3, 0.4) is 0 Å². The summed E-state index contributed by atoms with van der Waals surface area (Å²) >= 11 is 1.06. The van der Waals surface area contributed by atoms with Gasteiger partial charge in [-0.05, 0) is 18.6 Å². The van der Waals surface area contributed by atoms with E-state index in [2.05, 4.69) is 4.72 Å². The number of hydrogen-bond acceptors (Lipinski definition) is 4. The van der Waals surface area contributed by atoms with Crippen molar-refractivity contribution in [2.75, 3.05) is 6.54 Å². The molecular formula is C12H17NO4S2. The maximum atomic E-state index is 12.0. The summed E-state index contributed by atoms with van der Waals surface area (Å²) in [5, 5.41) is 8.39. The van der Waals surface area contributed by atoms with Crippen LogP contribution in [0.25, 0.3) is 0 Å². The minimum Gasteiger partial charge on any atom is -0.480 e. The fourth-order valence-corrected chi connectivity index (χ4v) is 4.01. The maximum absolute atomic E-state index is 12.0. The van der Waals surface area contributed by atoms with Gasteiger partial charge in [0, 0.05) is 11.4 Å². The van der Waals surface area contributed by atoms with Crippen LogP contribution in [0.5, 0.6) is 0 Å². The van der Waals surface area contributed by atoms with Crippen LogP contribution in [0.2, 0.25) is 0 Å². The molecule has 1 rings (SSSR count). The molecule has 0 saturated heterocycles. The minimum absolute atomic E-state index is 0.126. The van der Waals surface area contributed by atoms with Crippen molar-refractivity contribution in [1.29, 1.82) is 0 Å². The summed E-state index contributed by atoms with van der Waals surface area (Å²) in [5.41, 5.74) is 0. The predicted molar refractivity (Wildman–Crippen MR) is 74.9 cm³/mol. The number of aliphatic carboxylic acids is 1. The van der Waals surface area contributed by atoms with Gasteiger partial charge in [0.1, 0.15) is 5.25 Å². The van der Waals surface area contributed by atoms with Gasteiger partial charge in [-0.15, -0.1) is 11.8 Å². The average Bonchev–Trinajstić information content (AvgIpc) is 2.35. The Kier molecular flexibility index (Phi) is 5.84. The third-order valence-electron chi connectivity index (χ3n) is 2.39. The molecular weight excluding hydrogens is 286 g/mol. The minimum atomic E-state index is -3.58. The van der Waals surface area contributed by atoms with E-state index in [4.69, 9.17) is 5.11 Å². The van der Waals surface area contributed by atoms with Gasteiger partial charge in [0.25, 0.3) is 0 Å². The molecule has 0 saturated carbocycles. The molecule has 1 aromatic rings. The third kappa shape index (κ3) is 4.22. The smallest absolute Gasteiger partial charge is 0.316 e. The first kappa shape index (κ1) is 16.0. The standard InChI is InChI=1S/C12H17NO4S2/c1-3-9(12(14)15)18-10-7-5-6-8-11(10)19(16,17)13-4-2/h5-9,13H,3-4H2,1-2H3,(H,14,15). The van der Waals surface area contributed by atoms with Gasteiger partial charge in [-0.1, -0.05) is 26.0 Å². The highest BCUT2D eigenvalue weighted by molar-refractivity contribution is 8.01. The molecule has 0 radical (unpaired) electrons. The Morgan fingerprint density at radius 1 is 1.37 bits per heavy atom. The molecule has 1 unspecified atom stereocenters. The summed E-state index contributed by atoms with van der Waals surface area (Å²) < 4.78 is 26.5. The number of sulfonamides is 1. The number of hydrogen-bond donors (Lipinski definition) is 2. The van der Waals surface area contributed by atoms with E-state index in [9.17, 15) is 13.2 Å². The van der Waals surface area contributed by atoms with Gasteiger partial charge in [0.2, 0.25) is 10.0 Å². The normalized spacial score (nSPS) is 13.2. The summed E-state index contributed by atoms with van der Waals surface area (Å²) in [5.74, 6) is -0.942. The van der Waals surface area contributed by atoms with Gasteiger partial charge in [-0.25, -0.2) is 13.1 Å². The molecule has 0 amide bonds. The van der Waals surface area contributed by atoms with Crippen molar-refractivity contribution in [2.24, 2.45) is 0 Å². The van der Waals surface area contributed by atoms with Crippen molar-refractivity contribution in [3.63, 3.8) is 0 Å². The topological polar surface area (TPSA) is 83.5 Å². The molecule has 1 atom stereocenters. The second kappa shape index (κ2) is 6.93. The van der Waals surface area contributed by atoms with Crippen molar-refractivity contribution < 1.29 is 18.3 Å². The van der Waals surface area contributed by atoms with Gasteiger partial charge in [0.05, 0.1) is 4.90 Å².